The van der Waals surface area contributed by atoms with Gasteiger partial charge in [0, 0.05) is 53.3 Å². The van der Waals surface area contributed by atoms with Crippen molar-refractivity contribution in [2.24, 2.45) is 0 Å². The maximum Gasteiger partial charge on any atom is 0.145 e. The Labute approximate surface area is 285 Å². The first-order chi connectivity index (χ1) is 24.3. The van der Waals surface area contributed by atoms with Crippen LogP contribution in [0.4, 0.5) is 0 Å². The van der Waals surface area contributed by atoms with Crippen LogP contribution in [0, 0.1) is 0 Å². The molecule has 228 valence electrons. The summed E-state index contributed by atoms with van der Waals surface area (Å²) in [5, 5.41) is 10.4. The summed E-state index contributed by atoms with van der Waals surface area (Å²) in [5.41, 5.74) is 7.87. The molecule has 49 heavy (non-hydrogen) atoms. The molecule has 3 nitrogen and oxygen atoms in total. The fraction of sp³-hybridized carbons (Fsp3) is 0. The lowest BCUT2D eigenvalue weighted by atomic mass is 9.97. The first-order valence-electron chi connectivity index (χ1n) is 16.6. The number of benzene rings is 8. The number of para-hydroxylation sites is 3. The Hall–Kier alpha value is -6.23. The zero-order valence-corrected chi connectivity index (χ0v) is 27.2. The highest BCUT2D eigenvalue weighted by Crippen LogP contribution is 2.49. The summed E-state index contributed by atoms with van der Waals surface area (Å²) in [7, 11) is 0. The molecule has 11 aromatic rings. The van der Waals surface area contributed by atoms with Gasteiger partial charge in [-0.3, -0.25) is 4.57 Å². The van der Waals surface area contributed by atoms with Gasteiger partial charge < -0.3 is 4.57 Å². The Morgan fingerprint density at radius 2 is 1.10 bits per heavy atom. The largest absolute Gasteiger partial charge is 0.309 e. The molecule has 0 bridgehead atoms. The van der Waals surface area contributed by atoms with Crippen LogP contribution in [0.25, 0.3) is 97.3 Å². The van der Waals surface area contributed by atoms with E-state index in [2.05, 4.69) is 173 Å². The molecule has 0 fully saturated rings. The van der Waals surface area contributed by atoms with Gasteiger partial charge in [-0.2, -0.15) is 0 Å². The van der Waals surface area contributed by atoms with Crippen molar-refractivity contribution in [1.82, 2.24) is 14.1 Å². The van der Waals surface area contributed by atoms with Crippen molar-refractivity contribution in [3.8, 4) is 22.8 Å². The molecular formula is C45H27N3S. The minimum absolute atomic E-state index is 0.935. The van der Waals surface area contributed by atoms with E-state index in [0.717, 1.165) is 33.8 Å². The van der Waals surface area contributed by atoms with Gasteiger partial charge in [-0.15, -0.1) is 11.3 Å². The van der Waals surface area contributed by atoms with Crippen LogP contribution in [0.1, 0.15) is 0 Å². The van der Waals surface area contributed by atoms with Gasteiger partial charge in [0.25, 0.3) is 0 Å². The van der Waals surface area contributed by atoms with Crippen molar-refractivity contribution < 1.29 is 0 Å². The summed E-state index contributed by atoms with van der Waals surface area (Å²) in [6, 6.07) is 59.2. The summed E-state index contributed by atoms with van der Waals surface area (Å²) in [4.78, 5) is 5.15. The first-order valence-corrected chi connectivity index (χ1v) is 17.5. The van der Waals surface area contributed by atoms with Crippen LogP contribution in [0.2, 0.25) is 0 Å². The van der Waals surface area contributed by atoms with E-state index in [4.69, 9.17) is 4.98 Å². The van der Waals surface area contributed by atoms with Gasteiger partial charge in [-0.25, -0.2) is 4.98 Å². The van der Waals surface area contributed by atoms with E-state index >= 15 is 0 Å². The number of rotatable bonds is 3. The molecule has 0 radical (unpaired) electrons. The number of fused-ring (bicyclic) bond motifs is 13. The molecule has 4 heteroatoms. The molecule has 0 unspecified atom stereocenters. The summed E-state index contributed by atoms with van der Waals surface area (Å²) in [6.07, 6.45) is 0. The smallest absolute Gasteiger partial charge is 0.145 e. The zero-order chi connectivity index (χ0) is 32.1. The SMILES string of the molecule is c1ccc(-n2c(-c3ccc(-n4c5ccc6ccccc6c5c5c6ccccc6c6sc7ccccc7c6c54)cc3)nc3ccccc32)cc1. The van der Waals surface area contributed by atoms with Gasteiger partial charge in [0.2, 0.25) is 0 Å². The van der Waals surface area contributed by atoms with Gasteiger partial charge in [-0.1, -0.05) is 103 Å². The molecule has 3 aromatic heterocycles. The van der Waals surface area contributed by atoms with E-state index in [9.17, 15) is 0 Å². The summed E-state index contributed by atoms with van der Waals surface area (Å²) in [6.45, 7) is 0. The molecule has 0 spiro atoms. The van der Waals surface area contributed by atoms with Crippen LogP contribution >= 0.6 is 11.3 Å². The van der Waals surface area contributed by atoms with Gasteiger partial charge in [0.15, 0.2) is 0 Å². The lowest BCUT2D eigenvalue weighted by Crippen LogP contribution is -1.98. The highest BCUT2D eigenvalue weighted by Gasteiger charge is 2.23. The van der Waals surface area contributed by atoms with E-state index in [-0.39, 0.29) is 0 Å². The lowest BCUT2D eigenvalue weighted by Gasteiger charge is -2.13. The second-order valence-corrected chi connectivity index (χ2v) is 13.8. The van der Waals surface area contributed by atoms with Crippen molar-refractivity contribution in [1.29, 1.82) is 0 Å². The molecule has 0 aliphatic rings. The van der Waals surface area contributed by atoms with Crippen LogP contribution in [-0.2, 0) is 0 Å². The monoisotopic (exact) mass is 641 g/mol. The Balaban J connectivity index is 1.26. The molecule has 3 heterocycles. The molecule has 0 aliphatic heterocycles. The molecule has 0 amide bonds. The number of hydrogen-bond donors (Lipinski definition) is 0. The number of imidazole rings is 1. The molecule has 11 rings (SSSR count). The highest BCUT2D eigenvalue weighted by atomic mass is 32.1. The third-order valence-corrected chi connectivity index (χ3v) is 11.3. The third kappa shape index (κ3) is 3.75. The van der Waals surface area contributed by atoms with E-state index in [1.165, 1.54) is 63.5 Å². The van der Waals surface area contributed by atoms with Crippen molar-refractivity contribution in [2.45, 2.75) is 0 Å². The first kappa shape index (κ1) is 26.8. The van der Waals surface area contributed by atoms with Crippen LogP contribution in [0.15, 0.2) is 164 Å². The minimum Gasteiger partial charge on any atom is -0.309 e. The Bertz CT molecular complexity index is 3090. The maximum absolute atomic E-state index is 5.15. The van der Waals surface area contributed by atoms with E-state index in [1.54, 1.807) is 0 Å². The van der Waals surface area contributed by atoms with Gasteiger partial charge >= 0.3 is 0 Å². The van der Waals surface area contributed by atoms with E-state index in [1.807, 2.05) is 11.3 Å². The fourth-order valence-electron chi connectivity index (χ4n) is 8.01. The normalized spacial score (nSPS) is 12.1. The Kier molecular flexibility index (Phi) is 5.54. The van der Waals surface area contributed by atoms with Gasteiger partial charge in [0.1, 0.15) is 5.82 Å². The molecule has 0 N–H and O–H groups in total. The van der Waals surface area contributed by atoms with Crippen molar-refractivity contribution in [3.05, 3.63) is 164 Å². The van der Waals surface area contributed by atoms with E-state index < -0.39 is 0 Å². The van der Waals surface area contributed by atoms with E-state index in [0.29, 0.717) is 0 Å². The van der Waals surface area contributed by atoms with Crippen LogP contribution in [0.5, 0.6) is 0 Å². The number of nitrogens with zero attached hydrogens (tertiary/aromatic N) is 3. The average molecular weight is 642 g/mol. The lowest BCUT2D eigenvalue weighted by molar-refractivity contribution is 1.10. The molecule has 0 aliphatic carbocycles. The second-order valence-electron chi connectivity index (χ2n) is 12.7. The fourth-order valence-corrected chi connectivity index (χ4v) is 9.26. The van der Waals surface area contributed by atoms with Crippen LogP contribution in [0.3, 0.4) is 0 Å². The zero-order valence-electron chi connectivity index (χ0n) is 26.3. The average Bonchev–Trinajstić information content (AvgIpc) is 3.86. The Morgan fingerprint density at radius 1 is 0.429 bits per heavy atom. The predicted molar refractivity (Wildman–Crippen MR) is 209 cm³/mol. The molecular weight excluding hydrogens is 615 g/mol. The second kappa shape index (κ2) is 10.1. The predicted octanol–water partition coefficient (Wildman–Crippen LogP) is 12.5. The maximum atomic E-state index is 5.15. The van der Waals surface area contributed by atoms with Crippen molar-refractivity contribution in [3.63, 3.8) is 0 Å². The summed E-state index contributed by atoms with van der Waals surface area (Å²) >= 11 is 1.90. The number of thiophene rings is 1. The van der Waals surface area contributed by atoms with Crippen LogP contribution < -0.4 is 0 Å². The minimum atomic E-state index is 0.935. The summed E-state index contributed by atoms with van der Waals surface area (Å²) < 4.78 is 7.43. The standard InChI is InChI=1S/C45H27N3S/c1-2-13-30(14-3-1)48-37-20-10-9-19-36(37)46-45(48)29-22-25-31(26-23-29)47-38-27-24-28-12-4-5-15-32(28)40(38)41-33-16-6-7-17-34(33)44-42(43(41)47)35-18-8-11-21-39(35)49-44/h1-27H. The molecule has 0 saturated heterocycles. The van der Waals surface area contributed by atoms with Gasteiger partial charge in [-0.05, 0) is 76.8 Å². The molecule has 0 saturated carbocycles. The highest BCUT2D eigenvalue weighted by molar-refractivity contribution is 7.27. The van der Waals surface area contributed by atoms with Crippen molar-refractivity contribution in [2.75, 3.05) is 0 Å². The third-order valence-electron chi connectivity index (χ3n) is 10.1. The molecule has 8 aromatic carbocycles. The van der Waals surface area contributed by atoms with Crippen molar-refractivity contribution >= 4 is 85.9 Å². The number of hydrogen-bond acceptors (Lipinski definition) is 2. The topological polar surface area (TPSA) is 22.8 Å². The number of aromatic nitrogens is 3. The quantitative estimate of drug-likeness (QED) is 0.188. The van der Waals surface area contributed by atoms with Gasteiger partial charge in [0.05, 0.1) is 22.1 Å². The van der Waals surface area contributed by atoms with Crippen LogP contribution in [-0.4, -0.2) is 14.1 Å². The summed E-state index contributed by atoms with van der Waals surface area (Å²) in [5.74, 6) is 0.935. The molecule has 0 atom stereocenters. The Morgan fingerprint density at radius 3 is 1.96 bits per heavy atom.